The molecule has 0 aliphatic rings. The molecule has 8 heteroatoms. The van der Waals surface area contributed by atoms with E-state index in [2.05, 4.69) is 10.3 Å². The van der Waals surface area contributed by atoms with Gasteiger partial charge in [-0.05, 0) is 24.3 Å². The van der Waals surface area contributed by atoms with Crippen LogP contribution in [0, 0.1) is 10.1 Å². The molecule has 7 nitrogen and oxygen atoms in total. The van der Waals surface area contributed by atoms with Gasteiger partial charge in [-0.2, -0.15) is 0 Å². The summed E-state index contributed by atoms with van der Waals surface area (Å²) in [5, 5.41) is 22.4. The molecule has 0 radical (unpaired) electrons. The van der Waals surface area contributed by atoms with Crippen molar-refractivity contribution >= 4 is 28.8 Å². The second-order valence-corrected chi connectivity index (χ2v) is 4.41. The van der Waals surface area contributed by atoms with Crippen LogP contribution in [0.4, 0.5) is 17.2 Å². The number of anilines is 2. The van der Waals surface area contributed by atoms with E-state index in [4.69, 9.17) is 21.4 Å². The van der Waals surface area contributed by atoms with Gasteiger partial charge in [0.25, 0.3) is 5.69 Å². The number of rotatable bonds is 6. The molecule has 2 N–H and O–H groups in total. The van der Waals surface area contributed by atoms with Crippen molar-refractivity contribution in [2.45, 2.75) is 0 Å². The van der Waals surface area contributed by atoms with Crippen molar-refractivity contribution in [3.05, 3.63) is 51.7 Å². The molecule has 110 valence electrons. The first-order chi connectivity index (χ1) is 10.1. The first-order valence-electron chi connectivity index (χ1n) is 6.01. The number of pyridine rings is 1. The molecule has 0 bridgehead atoms. The smallest absolute Gasteiger partial charge is 0.289 e. The molecule has 1 aromatic carbocycles. The molecule has 0 amide bonds. The van der Waals surface area contributed by atoms with Crippen LogP contribution in [-0.2, 0) is 0 Å². The molecule has 21 heavy (non-hydrogen) atoms. The van der Waals surface area contributed by atoms with Crippen molar-refractivity contribution in [1.82, 2.24) is 4.98 Å². The number of halogens is 1. The highest BCUT2D eigenvalue weighted by atomic mass is 35.5. The molecule has 0 atom stereocenters. The Morgan fingerprint density at radius 3 is 2.67 bits per heavy atom. The Morgan fingerprint density at radius 1 is 1.38 bits per heavy atom. The van der Waals surface area contributed by atoms with Gasteiger partial charge in [-0.1, -0.05) is 11.6 Å². The van der Waals surface area contributed by atoms with E-state index in [0.717, 1.165) is 6.20 Å². The summed E-state index contributed by atoms with van der Waals surface area (Å²) >= 11 is 5.94. The molecule has 0 saturated heterocycles. The molecule has 1 heterocycles. The predicted octanol–water partition coefficient (Wildman–Crippen LogP) is 2.76. The molecule has 2 aromatic rings. The van der Waals surface area contributed by atoms with E-state index < -0.39 is 4.92 Å². The Bertz CT molecular complexity index is 634. The van der Waals surface area contributed by atoms with E-state index in [9.17, 15) is 10.1 Å². The zero-order valence-corrected chi connectivity index (χ0v) is 11.6. The van der Waals surface area contributed by atoms with Crippen molar-refractivity contribution < 1.29 is 14.8 Å². The number of aliphatic hydroxyl groups is 1. The van der Waals surface area contributed by atoms with Gasteiger partial charge in [0.2, 0.25) is 0 Å². The van der Waals surface area contributed by atoms with Gasteiger partial charge in [-0.25, -0.2) is 4.98 Å². The highest BCUT2D eigenvalue weighted by Gasteiger charge is 2.11. The molecule has 0 saturated carbocycles. The fourth-order valence-electron chi connectivity index (χ4n) is 1.55. The molecule has 0 fully saturated rings. The third kappa shape index (κ3) is 4.04. The van der Waals surface area contributed by atoms with E-state index >= 15 is 0 Å². The van der Waals surface area contributed by atoms with E-state index in [1.807, 2.05) is 0 Å². The summed E-state index contributed by atoms with van der Waals surface area (Å²) in [7, 11) is 0. The topological polar surface area (TPSA) is 97.5 Å². The molecular formula is C13H12ClN3O4. The number of nitrogens with zero attached hydrogens (tertiary/aromatic N) is 2. The van der Waals surface area contributed by atoms with Gasteiger partial charge in [-0.15, -0.1) is 0 Å². The van der Waals surface area contributed by atoms with Crippen LogP contribution in [0.3, 0.4) is 0 Å². The predicted molar refractivity (Wildman–Crippen MR) is 78.2 cm³/mol. The van der Waals surface area contributed by atoms with Crippen LogP contribution in [-0.4, -0.2) is 28.2 Å². The Balaban J connectivity index is 2.09. The third-order valence-corrected chi connectivity index (χ3v) is 2.80. The number of nitro groups is 1. The lowest BCUT2D eigenvalue weighted by Crippen LogP contribution is -2.01. The second-order valence-electron chi connectivity index (χ2n) is 4.00. The SMILES string of the molecule is O=[N+]([O-])c1cnc(Nc2ccc(OCCO)cc2)c(Cl)c1. The number of aliphatic hydroxyl groups excluding tert-OH is 1. The molecule has 2 rings (SSSR count). The zero-order valence-electron chi connectivity index (χ0n) is 10.8. The Labute approximate surface area is 125 Å². The van der Waals surface area contributed by atoms with Crippen molar-refractivity contribution in [3.8, 4) is 5.75 Å². The molecule has 0 spiro atoms. The minimum atomic E-state index is -0.560. The van der Waals surface area contributed by atoms with Crippen LogP contribution in [0.15, 0.2) is 36.5 Å². The minimum Gasteiger partial charge on any atom is -0.491 e. The van der Waals surface area contributed by atoms with Gasteiger partial charge in [0.1, 0.15) is 24.4 Å². The number of hydrogen-bond acceptors (Lipinski definition) is 6. The van der Waals surface area contributed by atoms with Crippen molar-refractivity contribution in [2.24, 2.45) is 0 Å². The van der Waals surface area contributed by atoms with Gasteiger partial charge >= 0.3 is 0 Å². The lowest BCUT2D eigenvalue weighted by atomic mass is 10.3. The number of aromatic nitrogens is 1. The number of benzene rings is 1. The summed E-state index contributed by atoms with van der Waals surface area (Å²) in [5.74, 6) is 0.948. The van der Waals surface area contributed by atoms with Crippen molar-refractivity contribution in [1.29, 1.82) is 0 Å². The van der Waals surface area contributed by atoms with Crippen molar-refractivity contribution in [2.75, 3.05) is 18.5 Å². The number of nitrogens with one attached hydrogen (secondary N) is 1. The van der Waals surface area contributed by atoms with E-state index in [-0.39, 0.29) is 23.9 Å². The van der Waals surface area contributed by atoms with Gasteiger partial charge in [0, 0.05) is 11.8 Å². The van der Waals surface area contributed by atoms with E-state index in [0.29, 0.717) is 17.3 Å². The maximum Gasteiger partial charge on any atom is 0.289 e. The Morgan fingerprint density at radius 2 is 2.10 bits per heavy atom. The quantitative estimate of drug-likeness (QED) is 0.629. The number of hydrogen-bond donors (Lipinski definition) is 2. The summed E-state index contributed by atoms with van der Waals surface area (Å²) < 4.78 is 5.23. The Kier molecular flexibility index (Phi) is 4.91. The van der Waals surface area contributed by atoms with Crippen LogP contribution in [0.2, 0.25) is 5.02 Å². The zero-order chi connectivity index (χ0) is 15.2. The third-order valence-electron chi connectivity index (χ3n) is 2.51. The fourth-order valence-corrected chi connectivity index (χ4v) is 1.76. The van der Waals surface area contributed by atoms with Crippen LogP contribution < -0.4 is 10.1 Å². The maximum atomic E-state index is 10.6. The second kappa shape index (κ2) is 6.87. The van der Waals surface area contributed by atoms with Crippen LogP contribution in [0.5, 0.6) is 5.75 Å². The van der Waals surface area contributed by atoms with Crippen LogP contribution >= 0.6 is 11.6 Å². The van der Waals surface area contributed by atoms with E-state index in [1.54, 1.807) is 24.3 Å². The lowest BCUT2D eigenvalue weighted by Gasteiger charge is -2.08. The summed E-state index contributed by atoms with van der Waals surface area (Å²) in [6.07, 6.45) is 1.13. The molecule has 0 unspecified atom stereocenters. The summed E-state index contributed by atoms with van der Waals surface area (Å²) in [6.45, 7) is 0.171. The van der Waals surface area contributed by atoms with Gasteiger partial charge in [0.05, 0.1) is 16.6 Å². The highest BCUT2D eigenvalue weighted by molar-refractivity contribution is 6.33. The average molecular weight is 310 g/mol. The largest absolute Gasteiger partial charge is 0.491 e. The summed E-state index contributed by atoms with van der Waals surface area (Å²) in [6, 6.07) is 8.16. The highest BCUT2D eigenvalue weighted by Crippen LogP contribution is 2.27. The fraction of sp³-hybridized carbons (Fsp3) is 0.154. The van der Waals surface area contributed by atoms with Gasteiger partial charge < -0.3 is 15.2 Å². The molecule has 0 aliphatic carbocycles. The summed E-state index contributed by atoms with van der Waals surface area (Å²) in [4.78, 5) is 14.0. The van der Waals surface area contributed by atoms with Crippen LogP contribution in [0.25, 0.3) is 0 Å². The standard InChI is InChI=1S/C13H12ClN3O4/c14-12-7-10(17(19)20)8-15-13(12)16-9-1-3-11(4-2-9)21-6-5-18/h1-4,7-8,18H,5-6H2,(H,15,16). The van der Waals surface area contributed by atoms with Crippen LogP contribution in [0.1, 0.15) is 0 Å². The average Bonchev–Trinajstić information content (AvgIpc) is 2.48. The molecule has 1 aromatic heterocycles. The summed E-state index contributed by atoms with van der Waals surface area (Å²) in [5.41, 5.74) is 0.535. The van der Waals surface area contributed by atoms with Crippen molar-refractivity contribution in [3.63, 3.8) is 0 Å². The van der Waals surface area contributed by atoms with Gasteiger partial charge in [-0.3, -0.25) is 10.1 Å². The monoisotopic (exact) mass is 309 g/mol. The molecule has 0 aliphatic heterocycles. The maximum absolute atomic E-state index is 10.6. The first kappa shape index (κ1) is 15.0. The minimum absolute atomic E-state index is 0.0532. The number of ether oxygens (including phenoxy) is 1. The van der Waals surface area contributed by atoms with Gasteiger partial charge in [0.15, 0.2) is 0 Å². The Hall–Kier alpha value is -2.38. The first-order valence-corrected chi connectivity index (χ1v) is 6.38. The molecular weight excluding hydrogens is 298 g/mol. The van der Waals surface area contributed by atoms with E-state index in [1.165, 1.54) is 6.07 Å². The lowest BCUT2D eigenvalue weighted by molar-refractivity contribution is -0.385. The normalized spacial score (nSPS) is 10.2.